The quantitative estimate of drug-likeness (QED) is 0.840. The van der Waals surface area contributed by atoms with Gasteiger partial charge in [-0.15, -0.1) is 0 Å². The van der Waals surface area contributed by atoms with Crippen LogP contribution in [0.5, 0.6) is 0 Å². The Morgan fingerprint density at radius 1 is 1.48 bits per heavy atom. The minimum Gasteiger partial charge on any atom is -0.465 e. The first-order chi connectivity index (χ1) is 9.97. The van der Waals surface area contributed by atoms with Crippen molar-refractivity contribution in [1.82, 2.24) is 14.7 Å². The zero-order valence-corrected chi connectivity index (χ0v) is 11.5. The first-order valence-corrected chi connectivity index (χ1v) is 6.58. The summed E-state index contributed by atoms with van der Waals surface area (Å²) in [5.41, 5.74) is 8.80. The van der Waals surface area contributed by atoms with E-state index in [2.05, 4.69) is 5.10 Å². The van der Waals surface area contributed by atoms with Crippen LogP contribution in [0.3, 0.4) is 0 Å². The smallest absolute Gasteiger partial charge is 0.407 e. The molecule has 0 spiro atoms. The number of nitrogen functional groups attached to an aromatic ring is 1. The minimum atomic E-state index is -0.967. The molecule has 1 aliphatic heterocycles. The lowest BCUT2D eigenvalue weighted by molar-refractivity contribution is 0.140. The van der Waals surface area contributed by atoms with Crippen LogP contribution in [-0.2, 0) is 13.0 Å². The monoisotopic (exact) mass is 290 g/mol. The van der Waals surface area contributed by atoms with E-state index in [-0.39, 0.29) is 12.4 Å². The molecule has 0 atom stereocenters. The van der Waals surface area contributed by atoms with Gasteiger partial charge in [0.2, 0.25) is 0 Å². The molecular formula is C14H15FN4O2. The normalized spacial score (nSPS) is 14.1. The molecule has 0 fully saturated rings. The number of halogens is 1. The number of amides is 1. The summed E-state index contributed by atoms with van der Waals surface area (Å²) in [6, 6.07) is 4.64. The Labute approximate surface area is 120 Å². The van der Waals surface area contributed by atoms with Gasteiger partial charge >= 0.3 is 6.09 Å². The van der Waals surface area contributed by atoms with E-state index in [0.717, 1.165) is 11.3 Å². The predicted octanol–water partition coefficient (Wildman–Crippen LogP) is 1.94. The summed E-state index contributed by atoms with van der Waals surface area (Å²) >= 11 is 0. The number of aryl methyl sites for hydroxylation is 1. The van der Waals surface area contributed by atoms with Crippen LogP contribution in [0.2, 0.25) is 0 Å². The largest absolute Gasteiger partial charge is 0.465 e. The lowest BCUT2D eigenvalue weighted by Gasteiger charge is -2.23. The van der Waals surface area contributed by atoms with Crippen LogP contribution >= 0.6 is 0 Å². The summed E-state index contributed by atoms with van der Waals surface area (Å²) in [5, 5.41) is 13.5. The van der Waals surface area contributed by atoms with Crippen molar-refractivity contribution in [3.63, 3.8) is 0 Å². The highest BCUT2D eigenvalue weighted by Crippen LogP contribution is 2.27. The molecule has 1 aliphatic rings. The molecule has 7 heteroatoms. The van der Waals surface area contributed by atoms with E-state index < -0.39 is 6.09 Å². The van der Waals surface area contributed by atoms with E-state index in [1.54, 1.807) is 23.7 Å². The number of carbonyl (C=O) groups is 1. The maximum atomic E-state index is 13.3. The highest BCUT2D eigenvalue weighted by Gasteiger charge is 2.26. The first-order valence-electron chi connectivity index (χ1n) is 6.58. The van der Waals surface area contributed by atoms with Crippen molar-refractivity contribution in [2.24, 2.45) is 0 Å². The van der Waals surface area contributed by atoms with E-state index in [0.29, 0.717) is 30.0 Å². The zero-order chi connectivity index (χ0) is 15.1. The SMILES string of the molecule is Cc1cc(-n2nc3c(c2N)CN(C(=O)O)CC3)ccc1F. The molecule has 0 saturated carbocycles. The molecule has 0 radical (unpaired) electrons. The zero-order valence-electron chi connectivity index (χ0n) is 11.5. The molecule has 1 amide bonds. The van der Waals surface area contributed by atoms with Crippen LogP contribution in [0.25, 0.3) is 5.69 Å². The van der Waals surface area contributed by atoms with Crippen LogP contribution < -0.4 is 5.73 Å². The summed E-state index contributed by atoms with van der Waals surface area (Å²) < 4.78 is 14.9. The third-order valence-electron chi connectivity index (χ3n) is 3.73. The number of hydrogen-bond donors (Lipinski definition) is 2. The van der Waals surface area contributed by atoms with Gasteiger partial charge in [0.1, 0.15) is 11.6 Å². The van der Waals surface area contributed by atoms with E-state index >= 15 is 0 Å². The molecule has 6 nitrogen and oxygen atoms in total. The number of aromatic nitrogens is 2. The topological polar surface area (TPSA) is 84.4 Å². The Hall–Kier alpha value is -2.57. The van der Waals surface area contributed by atoms with Crippen molar-refractivity contribution in [3.05, 3.63) is 40.8 Å². The minimum absolute atomic E-state index is 0.233. The van der Waals surface area contributed by atoms with Gasteiger partial charge in [-0.25, -0.2) is 13.9 Å². The summed E-state index contributed by atoms with van der Waals surface area (Å²) in [4.78, 5) is 12.4. The van der Waals surface area contributed by atoms with Crippen molar-refractivity contribution in [2.45, 2.75) is 19.9 Å². The Bertz CT molecular complexity index is 726. The number of carboxylic acid groups (broad SMARTS) is 1. The predicted molar refractivity (Wildman–Crippen MR) is 74.8 cm³/mol. The van der Waals surface area contributed by atoms with Crippen LogP contribution in [0, 0.1) is 12.7 Å². The van der Waals surface area contributed by atoms with Crippen molar-refractivity contribution >= 4 is 11.9 Å². The van der Waals surface area contributed by atoms with Gasteiger partial charge in [-0.3, -0.25) is 0 Å². The lowest BCUT2D eigenvalue weighted by atomic mass is 10.1. The fraction of sp³-hybridized carbons (Fsp3) is 0.286. The Morgan fingerprint density at radius 3 is 2.90 bits per heavy atom. The van der Waals surface area contributed by atoms with E-state index in [9.17, 15) is 9.18 Å². The molecule has 3 N–H and O–H groups in total. The second-order valence-corrected chi connectivity index (χ2v) is 5.11. The van der Waals surface area contributed by atoms with Crippen LogP contribution in [0.15, 0.2) is 18.2 Å². The summed E-state index contributed by atoms with van der Waals surface area (Å²) in [6.07, 6.45) is -0.440. The highest BCUT2D eigenvalue weighted by atomic mass is 19.1. The molecule has 1 aromatic heterocycles. The van der Waals surface area contributed by atoms with E-state index in [4.69, 9.17) is 10.8 Å². The molecule has 21 heavy (non-hydrogen) atoms. The second kappa shape index (κ2) is 4.76. The van der Waals surface area contributed by atoms with Crippen molar-refractivity contribution in [1.29, 1.82) is 0 Å². The molecule has 2 heterocycles. The average Bonchev–Trinajstić information content (AvgIpc) is 2.79. The molecule has 110 valence electrons. The number of anilines is 1. The Balaban J connectivity index is 2.03. The first kappa shape index (κ1) is 13.4. The third-order valence-corrected chi connectivity index (χ3v) is 3.73. The summed E-state index contributed by atoms with van der Waals surface area (Å²) in [7, 11) is 0. The molecular weight excluding hydrogens is 275 g/mol. The van der Waals surface area contributed by atoms with Crippen molar-refractivity contribution in [2.75, 3.05) is 12.3 Å². The number of nitrogens with two attached hydrogens (primary N) is 1. The fourth-order valence-corrected chi connectivity index (χ4v) is 2.52. The molecule has 1 aromatic carbocycles. The Kier molecular flexibility index (Phi) is 3.04. The maximum absolute atomic E-state index is 13.3. The summed E-state index contributed by atoms with van der Waals surface area (Å²) in [5.74, 6) is 0.119. The maximum Gasteiger partial charge on any atom is 0.407 e. The van der Waals surface area contributed by atoms with Crippen molar-refractivity contribution in [3.8, 4) is 5.69 Å². The van der Waals surface area contributed by atoms with Gasteiger partial charge in [-0.1, -0.05) is 0 Å². The van der Waals surface area contributed by atoms with Gasteiger partial charge in [0.25, 0.3) is 0 Å². The van der Waals surface area contributed by atoms with Gasteiger partial charge in [-0.05, 0) is 30.7 Å². The second-order valence-electron chi connectivity index (χ2n) is 5.11. The van der Waals surface area contributed by atoms with Crippen molar-refractivity contribution < 1.29 is 14.3 Å². The van der Waals surface area contributed by atoms with Gasteiger partial charge in [0, 0.05) is 18.5 Å². The number of benzene rings is 1. The van der Waals surface area contributed by atoms with Gasteiger partial charge < -0.3 is 15.7 Å². The van der Waals surface area contributed by atoms with Gasteiger partial charge in [-0.2, -0.15) is 5.10 Å². The highest BCUT2D eigenvalue weighted by molar-refractivity contribution is 5.66. The molecule has 0 unspecified atom stereocenters. The standard InChI is InChI=1S/C14H15FN4O2/c1-8-6-9(2-3-11(8)15)19-13(16)10-7-18(14(20)21)5-4-12(10)17-19/h2-3,6H,4-5,7,16H2,1H3,(H,20,21). The van der Waals surface area contributed by atoms with Crippen LogP contribution in [0.1, 0.15) is 16.8 Å². The summed E-state index contributed by atoms with van der Waals surface area (Å²) in [6.45, 7) is 2.31. The number of hydrogen-bond acceptors (Lipinski definition) is 3. The van der Waals surface area contributed by atoms with E-state index in [1.165, 1.54) is 11.0 Å². The molecule has 3 rings (SSSR count). The van der Waals surface area contributed by atoms with Crippen LogP contribution in [0.4, 0.5) is 15.0 Å². The Morgan fingerprint density at radius 2 is 2.24 bits per heavy atom. The molecule has 0 bridgehead atoms. The molecule has 0 saturated heterocycles. The van der Waals surface area contributed by atoms with Gasteiger partial charge in [0.15, 0.2) is 0 Å². The molecule has 0 aliphatic carbocycles. The molecule has 2 aromatic rings. The lowest BCUT2D eigenvalue weighted by Crippen LogP contribution is -2.34. The average molecular weight is 290 g/mol. The van der Waals surface area contributed by atoms with E-state index in [1.807, 2.05) is 0 Å². The number of fused-ring (bicyclic) bond motifs is 1. The van der Waals surface area contributed by atoms with Gasteiger partial charge in [0.05, 0.1) is 17.9 Å². The number of rotatable bonds is 1. The van der Waals surface area contributed by atoms with Crippen LogP contribution in [-0.4, -0.2) is 32.4 Å². The third kappa shape index (κ3) is 2.20. The number of nitrogens with zero attached hydrogens (tertiary/aromatic N) is 3. The fourth-order valence-electron chi connectivity index (χ4n) is 2.52.